The van der Waals surface area contributed by atoms with Crippen molar-refractivity contribution in [1.29, 1.82) is 0 Å². The molecule has 0 unspecified atom stereocenters. The Kier molecular flexibility index (Phi) is 5.65. The van der Waals surface area contributed by atoms with Crippen LogP contribution >= 0.6 is 0 Å². The van der Waals surface area contributed by atoms with Crippen molar-refractivity contribution in [3.63, 3.8) is 0 Å². The second-order valence-electron chi connectivity index (χ2n) is 4.24. The molecule has 0 spiro atoms. The third-order valence-corrected chi connectivity index (χ3v) is 2.24. The van der Waals surface area contributed by atoms with E-state index >= 15 is 0 Å². The van der Waals surface area contributed by atoms with Crippen molar-refractivity contribution >= 4 is 5.91 Å². The fourth-order valence-electron chi connectivity index (χ4n) is 1.33. The molecule has 0 aliphatic carbocycles. The molecule has 1 rings (SSSR count). The summed E-state index contributed by atoms with van der Waals surface area (Å²) in [7, 11) is 0. The molecule has 1 aromatic heterocycles. The van der Waals surface area contributed by atoms with Crippen LogP contribution in [0.4, 0.5) is 0 Å². The zero-order valence-electron chi connectivity index (χ0n) is 10.2. The van der Waals surface area contributed by atoms with Crippen LogP contribution in [-0.4, -0.2) is 17.7 Å². The molecule has 0 fully saturated rings. The lowest BCUT2D eigenvalue weighted by Crippen LogP contribution is -2.30. The first-order valence-corrected chi connectivity index (χ1v) is 5.67. The number of hydrogen-bond donors (Lipinski definition) is 2. The van der Waals surface area contributed by atoms with E-state index in [4.69, 9.17) is 15.1 Å². The molecule has 1 aromatic rings. The van der Waals surface area contributed by atoms with E-state index in [1.807, 2.05) is 5.43 Å². The van der Waals surface area contributed by atoms with Crippen LogP contribution < -0.4 is 11.3 Å². The zero-order valence-corrected chi connectivity index (χ0v) is 10.2. The van der Waals surface area contributed by atoms with Crippen molar-refractivity contribution in [3.05, 3.63) is 17.5 Å². The third kappa shape index (κ3) is 4.97. The number of carbonyl (C=O) groups excluding carboxylic acids is 1. The highest BCUT2D eigenvalue weighted by atomic mass is 16.5. The zero-order chi connectivity index (χ0) is 12.7. The second-order valence-corrected chi connectivity index (χ2v) is 4.24. The normalized spacial score (nSPS) is 10.8. The average Bonchev–Trinajstić information content (AvgIpc) is 2.76. The molecule has 0 aliphatic rings. The van der Waals surface area contributed by atoms with Crippen molar-refractivity contribution in [2.45, 2.75) is 33.3 Å². The van der Waals surface area contributed by atoms with Gasteiger partial charge in [-0.3, -0.25) is 10.2 Å². The molecule has 0 bridgehead atoms. The standard InChI is InChI=1S/C11H19N3O3/c1-8(2)4-3-5-16-7-9-6-10(14-17-9)11(15)13-12/h6,8H,3-5,7,12H2,1-2H3,(H,13,15). The Labute approximate surface area is 100 Å². The first-order valence-electron chi connectivity index (χ1n) is 5.67. The third-order valence-electron chi connectivity index (χ3n) is 2.24. The van der Waals surface area contributed by atoms with E-state index < -0.39 is 5.91 Å². The number of amides is 1. The first-order chi connectivity index (χ1) is 8.13. The van der Waals surface area contributed by atoms with Gasteiger partial charge in [0, 0.05) is 12.7 Å². The molecule has 1 amide bonds. The Morgan fingerprint density at radius 3 is 3.06 bits per heavy atom. The van der Waals surface area contributed by atoms with Crippen LogP contribution in [-0.2, 0) is 11.3 Å². The van der Waals surface area contributed by atoms with E-state index in [1.165, 1.54) is 6.07 Å². The minimum absolute atomic E-state index is 0.160. The number of ether oxygens (including phenoxy) is 1. The minimum atomic E-state index is -0.472. The van der Waals surface area contributed by atoms with Crippen LogP contribution in [0, 0.1) is 5.92 Å². The molecular formula is C11H19N3O3. The molecule has 6 nitrogen and oxygen atoms in total. The van der Waals surface area contributed by atoms with Crippen LogP contribution in [0.15, 0.2) is 10.6 Å². The number of nitrogens with zero attached hydrogens (tertiary/aromatic N) is 1. The van der Waals surface area contributed by atoms with Gasteiger partial charge in [-0.05, 0) is 18.8 Å². The molecule has 0 saturated carbocycles. The van der Waals surface area contributed by atoms with Crippen molar-refractivity contribution in [2.24, 2.45) is 11.8 Å². The van der Waals surface area contributed by atoms with Crippen LogP contribution in [0.25, 0.3) is 0 Å². The molecule has 0 saturated heterocycles. The van der Waals surface area contributed by atoms with Crippen molar-refractivity contribution in [2.75, 3.05) is 6.61 Å². The molecule has 0 aromatic carbocycles. The number of hydrogen-bond acceptors (Lipinski definition) is 5. The van der Waals surface area contributed by atoms with Crippen molar-refractivity contribution in [3.8, 4) is 0 Å². The molecule has 0 radical (unpaired) electrons. The average molecular weight is 241 g/mol. The minimum Gasteiger partial charge on any atom is -0.373 e. The largest absolute Gasteiger partial charge is 0.373 e. The van der Waals surface area contributed by atoms with E-state index in [-0.39, 0.29) is 5.69 Å². The summed E-state index contributed by atoms with van der Waals surface area (Å²) < 4.78 is 10.3. The molecule has 6 heteroatoms. The maximum Gasteiger partial charge on any atom is 0.287 e. The van der Waals surface area contributed by atoms with Crippen LogP contribution in [0.5, 0.6) is 0 Å². The number of nitrogens with one attached hydrogen (secondary N) is 1. The quantitative estimate of drug-likeness (QED) is 0.324. The SMILES string of the molecule is CC(C)CCCOCc1cc(C(=O)NN)no1. The Bertz CT molecular complexity index is 349. The van der Waals surface area contributed by atoms with Gasteiger partial charge in [-0.1, -0.05) is 19.0 Å². The topological polar surface area (TPSA) is 90.4 Å². The van der Waals surface area contributed by atoms with Gasteiger partial charge in [0.15, 0.2) is 11.5 Å². The summed E-state index contributed by atoms with van der Waals surface area (Å²) in [5.74, 6) is 5.70. The lowest BCUT2D eigenvalue weighted by Gasteiger charge is -2.04. The van der Waals surface area contributed by atoms with E-state index in [1.54, 1.807) is 0 Å². The number of carbonyl (C=O) groups is 1. The molecule has 17 heavy (non-hydrogen) atoms. The van der Waals surface area contributed by atoms with Gasteiger partial charge in [-0.15, -0.1) is 0 Å². The van der Waals surface area contributed by atoms with Crippen molar-refractivity contribution in [1.82, 2.24) is 10.6 Å². The molecule has 3 N–H and O–H groups in total. The number of nitrogens with two attached hydrogens (primary N) is 1. The van der Waals surface area contributed by atoms with E-state index in [0.29, 0.717) is 24.9 Å². The number of aromatic nitrogens is 1. The number of rotatable bonds is 7. The highest BCUT2D eigenvalue weighted by Crippen LogP contribution is 2.07. The predicted molar refractivity (Wildman–Crippen MR) is 61.9 cm³/mol. The van der Waals surface area contributed by atoms with Gasteiger partial charge >= 0.3 is 0 Å². The first kappa shape index (κ1) is 13.7. The Hall–Kier alpha value is -1.40. The summed E-state index contributed by atoms with van der Waals surface area (Å²) in [6, 6.07) is 1.52. The second kappa shape index (κ2) is 7.03. The monoisotopic (exact) mass is 241 g/mol. The van der Waals surface area contributed by atoms with Crippen LogP contribution in [0.2, 0.25) is 0 Å². The lowest BCUT2D eigenvalue weighted by atomic mass is 10.1. The maximum atomic E-state index is 11.1. The fraction of sp³-hybridized carbons (Fsp3) is 0.636. The summed E-state index contributed by atoms with van der Waals surface area (Å²) in [6.45, 7) is 5.35. The van der Waals surface area contributed by atoms with Crippen LogP contribution in [0.1, 0.15) is 42.9 Å². The molecule has 0 atom stereocenters. The van der Waals surface area contributed by atoms with Gasteiger partial charge in [-0.25, -0.2) is 5.84 Å². The summed E-state index contributed by atoms with van der Waals surface area (Å²) >= 11 is 0. The Balaban J connectivity index is 2.23. The van der Waals surface area contributed by atoms with Crippen LogP contribution in [0.3, 0.4) is 0 Å². The van der Waals surface area contributed by atoms with Gasteiger partial charge in [0.25, 0.3) is 5.91 Å². The highest BCUT2D eigenvalue weighted by molar-refractivity contribution is 5.91. The summed E-state index contributed by atoms with van der Waals surface area (Å²) in [6.07, 6.45) is 2.15. The van der Waals surface area contributed by atoms with E-state index in [2.05, 4.69) is 19.0 Å². The Morgan fingerprint density at radius 2 is 2.41 bits per heavy atom. The Morgan fingerprint density at radius 1 is 1.65 bits per heavy atom. The molecular weight excluding hydrogens is 222 g/mol. The maximum absolute atomic E-state index is 11.1. The predicted octanol–water partition coefficient (Wildman–Crippen LogP) is 1.23. The summed E-state index contributed by atoms with van der Waals surface area (Å²) in [4.78, 5) is 11.1. The van der Waals surface area contributed by atoms with Gasteiger partial charge < -0.3 is 9.26 Å². The number of hydrazine groups is 1. The lowest BCUT2D eigenvalue weighted by molar-refractivity contribution is 0.0930. The molecule has 1 heterocycles. The van der Waals surface area contributed by atoms with Gasteiger partial charge in [0.05, 0.1) is 0 Å². The van der Waals surface area contributed by atoms with Gasteiger partial charge in [-0.2, -0.15) is 0 Å². The molecule has 0 aliphatic heterocycles. The summed E-state index contributed by atoms with van der Waals surface area (Å²) in [5.41, 5.74) is 2.14. The fourth-order valence-corrected chi connectivity index (χ4v) is 1.33. The summed E-state index contributed by atoms with van der Waals surface area (Å²) in [5, 5.41) is 3.57. The van der Waals surface area contributed by atoms with Gasteiger partial charge in [0.1, 0.15) is 6.61 Å². The smallest absolute Gasteiger partial charge is 0.287 e. The number of nitrogen functional groups attached to an aromatic ring is 1. The van der Waals surface area contributed by atoms with E-state index in [0.717, 1.165) is 12.8 Å². The van der Waals surface area contributed by atoms with Crippen molar-refractivity contribution < 1.29 is 14.1 Å². The van der Waals surface area contributed by atoms with Gasteiger partial charge in [0.2, 0.25) is 0 Å². The van der Waals surface area contributed by atoms with E-state index in [9.17, 15) is 4.79 Å². The highest BCUT2D eigenvalue weighted by Gasteiger charge is 2.10. The molecule has 96 valence electrons.